The van der Waals surface area contributed by atoms with Gasteiger partial charge in [0.15, 0.2) is 0 Å². The van der Waals surface area contributed by atoms with Crippen LogP contribution in [0.1, 0.15) is 11.1 Å². The molecule has 0 fully saturated rings. The van der Waals surface area contributed by atoms with E-state index in [2.05, 4.69) is 0 Å². The van der Waals surface area contributed by atoms with E-state index in [4.69, 9.17) is 29.2 Å². The molecule has 0 aliphatic heterocycles. The molecule has 0 heterocycles. The third kappa shape index (κ3) is 7.84. The monoisotopic (exact) mass is 362 g/mol. The normalized spacial score (nSPS) is 10.7. The van der Waals surface area contributed by atoms with Gasteiger partial charge >= 0.3 is 0 Å². The van der Waals surface area contributed by atoms with Crippen molar-refractivity contribution in [1.82, 2.24) is 0 Å². The smallest absolute Gasteiger partial charge is 0.119 e. The van der Waals surface area contributed by atoms with Gasteiger partial charge < -0.3 is 29.2 Å². The molecule has 26 heavy (non-hydrogen) atoms. The zero-order chi connectivity index (χ0) is 18.5. The number of rotatable bonds is 13. The van der Waals surface area contributed by atoms with Crippen LogP contribution in [0, 0.1) is 0 Å². The fourth-order valence-electron chi connectivity index (χ4n) is 2.14. The van der Waals surface area contributed by atoms with Gasteiger partial charge in [0.2, 0.25) is 0 Å². The summed E-state index contributed by atoms with van der Waals surface area (Å²) in [5.74, 6) is 1.51. The van der Waals surface area contributed by atoms with Gasteiger partial charge in [0.1, 0.15) is 24.7 Å². The fourth-order valence-corrected chi connectivity index (χ4v) is 2.14. The van der Waals surface area contributed by atoms with Gasteiger partial charge in [-0.25, -0.2) is 0 Å². The molecule has 0 spiro atoms. The lowest BCUT2D eigenvalue weighted by molar-refractivity contribution is 0.0273. The molecule has 0 atom stereocenters. The molecule has 6 heteroatoms. The highest BCUT2D eigenvalue weighted by Gasteiger charge is 1.97. The first-order valence-corrected chi connectivity index (χ1v) is 8.62. The van der Waals surface area contributed by atoms with Crippen molar-refractivity contribution in [3.8, 4) is 11.5 Å². The summed E-state index contributed by atoms with van der Waals surface area (Å²) in [5, 5.41) is 17.9. The summed E-state index contributed by atoms with van der Waals surface area (Å²) >= 11 is 0. The maximum absolute atomic E-state index is 8.97. The summed E-state index contributed by atoms with van der Waals surface area (Å²) in [4.78, 5) is 0. The molecule has 0 bridgehead atoms. The molecule has 0 unspecified atom stereocenters. The summed E-state index contributed by atoms with van der Waals surface area (Å²) in [6.45, 7) is 2.96. The Hall–Kier alpha value is -2.12. The van der Waals surface area contributed by atoms with E-state index in [-0.39, 0.29) is 13.2 Å². The van der Waals surface area contributed by atoms with Gasteiger partial charge in [-0.1, -0.05) is 24.3 Å². The van der Waals surface area contributed by atoms with E-state index in [1.165, 1.54) is 0 Å². The first-order valence-electron chi connectivity index (χ1n) is 8.62. The van der Waals surface area contributed by atoms with Crippen molar-refractivity contribution in [2.75, 3.05) is 39.6 Å². The van der Waals surface area contributed by atoms with Crippen LogP contribution >= 0.6 is 0 Å². The van der Waals surface area contributed by atoms with Gasteiger partial charge in [-0.2, -0.15) is 0 Å². The highest BCUT2D eigenvalue weighted by Crippen LogP contribution is 2.12. The Balaban J connectivity index is 1.41. The van der Waals surface area contributed by atoms with Crippen LogP contribution in [0.4, 0.5) is 0 Å². The van der Waals surface area contributed by atoms with Crippen molar-refractivity contribution in [2.45, 2.75) is 13.2 Å². The average molecular weight is 362 g/mol. The lowest BCUT2D eigenvalue weighted by Gasteiger charge is -2.09. The van der Waals surface area contributed by atoms with Crippen molar-refractivity contribution in [2.24, 2.45) is 0 Å². The van der Waals surface area contributed by atoms with Gasteiger partial charge in [0.25, 0.3) is 0 Å². The van der Waals surface area contributed by atoms with Crippen LogP contribution in [0.2, 0.25) is 0 Å². The van der Waals surface area contributed by atoms with Crippen molar-refractivity contribution in [3.63, 3.8) is 0 Å². The fraction of sp³-hybridized carbons (Fsp3) is 0.400. The van der Waals surface area contributed by atoms with Crippen LogP contribution in [0.3, 0.4) is 0 Å². The SMILES string of the molecule is OCc1ccc(OCCOCCOCCOc2ccc(CO)cc2)cc1. The third-order valence-electron chi connectivity index (χ3n) is 3.58. The van der Waals surface area contributed by atoms with Gasteiger partial charge in [-0.15, -0.1) is 0 Å². The second kappa shape index (κ2) is 12.3. The van der Waals surface area contributed by atoms with Crippen LogP contribution in [-0.4, -0.2) is 49.9 Å². The van der Waals surface area contributed by atoms with E-state index < -0.39 is 0 Å². The lowest BCUT2D eigenvalue weighted by Crippen LogP contribution is -2.13. The van der Waals surface area contributed by atoms with Crippen molar-refractivity contribution >= 4 is 0 Å². The largest absolute Gasteiger partial charge is 0.491 e. The summed E-state index contributed by atoms with van der Waals surface area (Å²) in [6.07, 6.45) is 0. The van der Waals surface area contributed by atoms with E-state index in [1.807, 2.05) is 48.5 Å². The highest BCUT2D eigenvalue weighted by atomic mass is 16.6. The zero-order valence-electron chi connectivity index (χ0n) is 14.8. The summed E-state index contributed by atoms with van der Waals surface area (Å²) in [7, 11) is 0. The van der Waals surface area contributed by atoms with Crippen LogP contribution in [-0.2, 0) is 22.7 Å². The quantitative estimate of drug-likeness (QED) is 0.532. The van der Waals surface area contributed by atoms with Crippen LogP contribution < -0.4 is 9.47 Å². The molecule has 0 aliphatic carbocycles. The number of hydrogen-bond donors (Lipinski definition) is 2. The topological polar surface area (TPSA) is 77.4 Å². The number of benzene rings is 2. The summed E-state index contributed by atoms with van der Waals surface area (Å²) in [6, 6.07) is 14.6. The van der Waals surface area contributed by atoms with Gasteiger partial charge in [0.05, 0.1) is 39.6 Å². The summed E-state index contributed by atoms with van der Waals surface area (Å²) < 4.78 is 21.9. The predicted molar refractivity (Wildman–Crippen MR) is 97.4 cm³/mol. The van der Waals surface area contributed by atoms with E-state index in [0.717, 1.165) is 22.6 Å². The molecule has 2 N–H and O–H groups in total. The number of ether oxygens (including phenoxy) is 4. The van der Waals surface area contributed by atoms with Crippen LogP contribution in [0.5, 0.6) is 11.5 Å². The van der Waals surface area contributed by atoms with Crippen LogP contribution in [0.25, 0.3) is 0 Å². The van der Waals surface area contributed by atoms with E-state index in [1.54, 1.807) is 0 Å². The Labute approximate surface area is 153 Å². The Morgan fingerprint density at radius 1 is 0.500 bits per heavy atom. The van der Waals surface area contributed by atoms with E-state index in [0.29, 0.717) is 39.6 Å². The number of hydrogen-bond acceptors (Lipinski definition) is 6. The minimum atomic E-state index is 0.0322. The van der Waals surface area contributed by atoms with E-state index >= 15 is 0 Å². The number of aliphatic hydroxyl groups excluding tert-OH is 2. The molecule has 0 aromatic heterocycles. The van der Waals surface area contributed by atoms with Gasteiger partial charge in [-0.05, 0) is 35.4 Å². The Morgan fingerprint density at radius 2 is 0.846 bits per heavy atom. The number of aliphatic hydroxyl groups is 2. The maximum atomic E-state index is 8.97. The molecule has 0 saturated carbocycles. The van der Waals surface area contributed by atoms with Gasteiger partial charge in [-0.3, -0.25) is 0 Å². The Kier molecular flexibility index (Phi) is 9.53. The third-order valence-corrected chi connectivity index (χ3v) is 3.58. The molecule has 0 amide bonds. The zero-order valence-corrected chi connectivity index (χ0v) is 14.8. The summed E-state index contributed by atoms with van der Waals surface area (Å²) in [5.41, 5.74) is 1.72. The molecule has 6 nitrogen and oxygen atoms in total. The molecule has 2 aromatic carbocycles. The minimum absolute atomic E-state index is 0.0322. The van der Waals surface area contributed by atoms with Crippen molar-refractivity contribution in [1.29, 1.82) is 0 Å². The van der Waals surface area contributed by atoms with Crippen molar-refractivity contribution < 1.29 is 29.2 Å². The lowest BCUT2D eigenvalue weighted by atomic mass is 10.2. The molecule has 2 rings (SSSR count). The van der Waals surface area contributed by atoms with Gasteiger partial charge in [0, 0.05) is 0 Å². The maximum Gasteiger partial charge on any atom is 0.119 e. The first-order chi connectivity index (χ1) is 12.8. The predicted octanol–water partition coefficient (Wildman–Crippen LogP) is 2.16. The molecule has 2 aromatic rings. The molecular weight excluding hydrogens is 336 g/mol. The average Bonchev–Trinajstić information content (AvgIpc) is 2.70. The van der Waals surface area contributed by atoms with E-state index in [9.17, 15) is 0 Å². The Bertz CT molecular complexity index is 541. The molecule has 0 radical (unpaired) electrons. The molecule has 0 aliphatic rings. The molecule has 0 saturated heterocycles. The first kappa shape index (κ1) is 20.2. The molecular formula is C20H26O6. The molecule has 142 valence electrons. The highest BCUT2D eigenvalue weighted by molar-refractivity contribution is 5.27. The Morgan fingerprint density at radius 3 is 1.19 bits per heavy atom. The second-order valence-electron chi connectivity index (χ2n) is 5.53. The van der Waals surface area contributed by atoms with Crippen LogP contribution in [0.15, 0.2) is 48.5 Å². The van der Waals surface area contributed by atoms with Crippen molar-refractivity contribution in [3.05, 3.63) is 59.7 Å². The second-order valence-corrected chi connectivity index (χ2v) is 5.53. The standard InChI is InChI=1S/C20H26O6/c21-15-17-1-5-19(6-2-17)25-13-11-23-9-10-24-12-14-26-20-7-3-18(16-22)4-8-20/h1-8,21-22H,9-16H2. The minimum Gasteiger partial charge on any atom is -0.491 e.